The van der Waals surface area contributed by atoms with Crippen LogP contribution >= 0.6 is 35.6 Å². The Hall–Kier alpha value is -0.560. The Morgan fingerprint density at radius 2 is 2.22 bits per heavy atom. The molecule has 1 aliphatic heterocycles. The maximum Gasteiger partial charge on any atom is 0.236 e. The van der Waals surface area contributed by atoms with Crippen molar-refractivity contribution in [2.24, 2.45) is 0 Å². The van der Waals surface area contributed by atoms with Crippen LogP contribution in [0.3, 0.4) is 0 Å². The molecule has 0 saturated carbocycles. The van der Waals surface area contributed by atoms with Gasteiger partial charge in [0.05, 0.1) is 36.3 Å². The maximum atomic E-state index is 12.2. The van der Waals surface area contributed by atoms with Crippen LogP contribution in [0, 0.1) is 0 Å². The minimum absolute atomic E-state index is 0. The molecule has 1 amide bonds. The number of carbonyl (C=O) groups is 1. The molecule has 5 nitrogen and oxygen atoms in total. The van der Waals surface area contributed by atoms with Gasteiger partial charge in [0.15, 0.2) is 0 Å². The first-order valence-electron chi connectivity index (χ1n) is 7.16. The number of rotatable bonds is 6. The molecule has 8 heteroatoms. The van der Waals surface area contributed by atoms with Gasteiger partial charge in [-0.25, -0.2) is 0 Å². The average molecular weight is 384 g/mol. The number of nitrogens with zero attached hydrogens (tertiary/aromatic N) is 1. The van der Waals surface area contributed by atoms with Gasteiger partial charge in [-0.15, -0.1) is 12.4 Å². The first kappa shape index (κ1) is 20.5. The molecule has 1 N–H and O–H groups in total. The first-order valence-corrected chi connectivity index (χ1v) is 7.91. The van der Waals surface area contributed by atoms with Gasteiger partial charge in [0.1, 0.15) is 6.10 Å². The molecule has 1 heterocycles. The lowest BCUT2D eigenvalue weighted by Crippen LogP contribution is -2.46. The van der Waals surface area contributed by atoms with Crippen LogP contribution in [0.5, 0.6) is 0 Å². The fraction of sp³-hybridized carbons (Fsp3) is 0.533. The second-order valence-corrected chi connectivity index (χ2v) is 5.86. The Labute approximate surface area is 152 Å². The summed E-state index contributed by atoms with van der Waals surface area (Å²) in [7, 11) is 1.63. The van der Waals surface area contributed by atoms with Crippen LogP contribution < -0.4 is 5.32 Å². The van der Waals surface area contributed by atoms with E-state index in [2.05, 4.69) is 5.32 Å². The van der Waals surface area contributed by atoms with E-state index < -0.39 is 0 Å². The Bertz CT molecular complexity index is 517. The summed E-state index contributed by atoms with van der Waals surface area (Å²) in [5, 5.41) is 4.06. The van der Waals surface area contributed by atoms with Gasteiger partial charge in [-0.05, 0) is 17.7 Å². The lowest BCUT2D eigenvalue weighted by Gasteiger charge is -2.33. The molecular weight excluding hydrogens is 363 g/mol. The topological polar surface area (TPSA) is 50.8 Å². The van der Waals surface area contributed by atoms with Gasteiger partial charge < -0.3 is 19.7 Å². The van der Waals surface area contributed by atoms with Crippen LogP contribution in [0.25, 0.3) is 0 Å². The summed E-state index contributed by atoms with van der Waals surface area (Å²) in [6, 6.07) is 5.42. The third-order valence-corrected chi connectivity index (χ3v) is 4.23. The molecule has 0 spiro atoms. The highest BCUT2D eigenvalue weighted by molar-refractivity contribution is 6.42. The lowest BCUT2D eigenvalue weighted by atomic mass is 10.1. The van der Waals surface area contributed by atoms with Crippen molar-refractivity contribution in [1.82, 2.24) is 10.2 Å². The molecule has 1 aromatic rings. The molecular formula is C15H21Cl3N2O3. The van der Waals surface area contributed by atoms with Gasteiger partial charge in [0.25, 0.3) is 0 Å². The Kier molecular flexibility index (Phi) is 9.20. The molecule has 1 fully saturated rings. The van der Waals surface area contributed by atoms with Crippen LogP contribution in [0.1, 0.15) is 11.7 Å². The number of methoxy groups -OCH3 is 1. The summed E-state index contributed by atoms with van der Waals surface area (Å²) in [6.07, 6.45) is -0.175. The summed E-state index contributed by atoms with van der Waals surface area (Å²) >= 11 is 12.0. The molecule has 23 heavy (non-hydrogen) atoms. The summed E-state index contributed by atoms with van der Waals surface area (Å²) in [5.41, 5.74) is 0.930. The number of benzene rings is 1. The fourth-order valence-corrected chi connectivity index (χ4v) is 2.58. The van der Waals surface area contributed by atoms with Crippen LogP contribution in [-0.2, 0) is 14.3 Å². The summed E-state index contributed by atoms with van der Waals surface area (Å²) in [5.74, 6) is 0.0597. The number of hydrogen-bond donors (Lipinski definition) is 1. The number of ether oxygens (including phenoxy) is 2. The third kappa shape index (κ3) is 6.10. The van der Waals surface area contributed by atoms with Gasteiger partial charge in [-0.2, -0.15) is 0 Å². The Morgan fingerprint density at radius 3 is 2.91 bits per heavy atom. The van der Waals surface area contributed by atoms with E-state index in [4.69, 9.17) is 32.7 Å². The smallest absolute Gasteiger partial charge is 0.236 e. The summed E-state index contributed by atoms with van der Waals surface area (Å²) < 4.78 is 10.7. The number of halogens is 3. The van der Waals surface area contributed by atoms with Crippen LogP contribution in [-0.4, -0.2) is 57.3 Å². The predicted molar refractivity (Wildman–Crippen MR) is 93.7 cm³/mol. The SMILES string of the molecule is COCCNCC(=O)N1CCOC(c2ccc(Cl)c(Cl)c2)C1.Cl. The standard InChI is InChI=1S/C15H20Cl2N2O3.ClH/c1-21-6-4-18-9-15(20)19-5-7-22-14(10-19)11-2-3-12(16)13(17)8-11;/h2-3,8,14,18H,4-7,9-10H2,1H3;1H. The molecule has 0 aliphatic carbocycles. The second kappa shape index (κ2) is 10.3. The molecule has 130 valence electrons. The van der Waals surface area contributed by atoms with Gasteiger partial charge in [0.2, 0.25) is 5.91 Å². The Morgan fingerprint density at radius 1 is 1.43 bits per heavy atom. The molecule has 2 rings (SSSR count). The van der Waals surface area contributed by atoms with E-state index in [1.165, 1.54) is 0 Å². The molecule has 0 radical (unpaired) electrons. The van der Waals surface area contributed by atoms with Crippen LogP contribution in [0.4, 0.5) is 0 Å². The van der Waals surface area contributed by atoms with Crippen molar-refractivity contribution in [1.29, 1.82) is 0 Å². The predicted octanol–water partition coefficient (Wildman–Crippen LogP) is 2.55. The van der Waals surface area contributed by atoms with Crippen molar-refractivity contribution in [3.63, 3.8) is 0 Å². The number of morpholine rings is 1. The van der Waals surface area contributed by atoms with Crippen molar-refractivity contribution in [3.05, 3.63) is 33.8 Å². The van der Waals surface area contributed by atoms with E-state index in [0.717, 1.165) is 5.56 Å². The monoisotopic (exact) mass is 382 g/mol. The van der Waals surface area contributed by atoms with Gasteiger partial charge >= 0.3 is 0 Å². The Balaban J connectivity index is 0.00000264. The van der Waals surface area contributed by atoms with Crippen LogP contribution in [0.2, 0.25) is 10.0 Å². The van der Waals surface area contributed by atoms with Gasteiger partial charge in [-0.3, -0.25) is 4.79 Å². The molecule has 1 unspecified atom stereocenters. The first-order chi connectivity index (χ1) is 10.6. The zero-order valence-corrected chi connectivity index (χ0v) is 15.2. The second-order valence-electron chi connectivity index (χ2n) is 5.04. The van der Waals surface area contributed by atoms with E-state index in [-0.39, 0.29) is 24.4 Å². The quantitative estimate of drug-likeness (QED) is 0.767. The molecule has 1 aromatic carbocycles. The number of hydrogen-bond acceptors (Lipinski definition) is 4. The minimum Gasteiger partial charge on any atom is -0.383 e. The van der Waals surface area contributed by atoms with E-state index in [0.29, 0.717) is 49.4 Å². The van der Waals surface area contributed by atoms with Gasteiger partial charge in [-0.1, -0.05) is 29.3 Å². The highest BCUT2D eigenvalue weighted by Crippen LogP contribution is 2.28. The van der Waals surface area contributed by atoms with Gasteiger partial charge in [0, 0.05) is 20.2 Å². The van der Waals surface area contributed by atoms with E-state index in [9.17, 15) is 4.79 Å². The lowest BCUT2D eigenvalue weighted by molar-refractivity contribution is -0.138. The largest absolute Gasteiger partial charge is 0.383 e. The third-order valence-electron chi connectivity index (χ3n) is 3.49. The molecule has 1 aliphatic rings. The minimum atomic E-state index is -0.175. The molecule has 0 aromatic heterocycles. The van der Waals surface area contributed by atoms with Crippen LogP contribution in [0.15, 0.2) is 18.2 Å². The summed E-state index contributed by atoms with van der Waals surface area (Å²) in [6.45, 7) is 3.17. The van der Waals surface area contributed by atoms with Crippen molar-refractivity contribution in [2.75, 3.05) is 46.5 Å². The number of nitrogens with one attached hydrogen (secondary N) is 1. The molecule has 1 saturated heterocycles. The normalized spacial score (nSPS) is 17.7. The molecule has 0 bridgehead atoms. The number of amides is 1. The zero-order valence-electron chi connectivity index (χ0n) is 12.9. The fourth-order valence-electron chi connectivity index (χ4n) is 2.27. The number of carbonyl (C=O) groups excluding carboxylic acids is 1. The van der Waals surface area contributed by atoms with Crippen molar-refractivity contribution in [2.45, 2.75) is 6.10 Å². The molecule has 1 atom stereocenters. The summed E-state index contributed by atoms with van der Waals surface area (Å²) in [4.78, 5) is 14.0. The average Bonchev–Trinajstić information content (AvgIpc) is 2.54. The highest BCUT2D eigenvalue weighted by atomic mass is 35.5. The van der Waals surface area contributed by atoms with E-state index >= 15 is 0 Å². The highest BCUT2D eigenvalue weighted by Gasteiger charge is 2.25. The van der Waals surface area contributed by atoms with Crippen molar-refractivity contribution >= 4 is 41.5 Å². The maximum absolute atomic E-state index is 12.2. The van der Waals surface area contributed by atoms with E-state index in [1.807, 2.05) is 6.07 Å². The van der Waals surface area contributed by atoms with E-state index in [1.54, 1.807) is 24.1 Å². The van der Waals surface area contributed by atoms with Crippen molar-refractivity contribution in [3.8, 4) is 0 Å². The van der Waals surface area contributed by atoms with Crippen molar-refractivity contribution < 1.29 is 14.3 Å². The zero-order chi connectivity index (χ0) is 15.9.